The molecule has 2 saturated heterocycles. The van der Waals surface area contributed by atoms with Gasteiger partial charge in [-0.2, -0.15) is 0 Å². The lowest BCUT2D eigenvalue weighted by Gasteiger charge is -2.36. The Morgan fingerprint density at radius 1 is 1.00 bits per heavy atom. The number of rotatable bonds is 5. The Hall–Kier alpha value is -1.63. The number of piperazine rings is 1. The SMILES string of the molecule is CCc1ccccc1NC(=O)N1CCN(CCN2CCOCC2)CC1. The number of amides is 2. The Bertz CT molecular complexity index is 552. The molecule has 2 fully saturated rings. The largest absolute Gasteiger partial charge is 0.379 e. The van der Waals surface area contributed by atoms with Crippen LogP contribution in [-0.4, -0.2) is 86.3 Å². The first-order valence-electron chi connectivity index (χ1n) is 9.42. The quantitative estimate of drug-likeness (QED) is 0.882. The van der Waals surface area contributed by atoms with E-state index in [0.717, 1.165) is 77.7 Å². The van der Waals surface area contributed by atoms with E-state index in [-0.39, 0.29) is 6.03 Å². The number of carbonyl (C=O) groups is 1. The summed E-state index contributed by atoms with van der Waals surface area (Å²) in [7, 11) is 0. The van der Waals surface area contributed by atoms with E-state index in [9.17, 15) is 4.79 Å². The number of para-hydroxylation sites is 1. The van der Waals surface area contributed by atoms with Gasteiger partial charge in [-0.15, -0.1) is 0 Å². The molecular weight excluding hydrogens is 316 g/mol. The van der Waals surface area contributed by atoms with E-state index in [0.29, 0.717) is 0 Å². The number of benzene rings is 1. The summed E-state index contributed by atoms with van der Waals surface area (Å²) in [4.78, 5) is 19.4. The summed E-state index contributed by atoms with van der Waals surface area (Å²) in [5.41, 5.74) is 2.12. The number of aryl methyl sites for hydroxylation is 1. The van der Waals surface area contributed by atoms with E-state index in [1.54, 1.807) is 0 Å². The van der Waals surface area contributed by atoms with Gasteiger partial charge in [0.25, 0.3) is 0 Å². The first-order chi connectivity index (χ1) is 12.3. The van der Waals surface area contributed by atoms with Gasteiger partial charge in [-0.25, -0.2) is 4.79 Å². The fourth-order valence-corrected chi connectivity index (χ4v) is 3.43. The molecular formula is C19H30N4O2. The summed E-state index contributed by atoms with van der Waals surface area (Å²) in [6.07, 6.45) is 0.922. The molecule has 0 aliphatic carbocycles. The van der Waals surface area contributed by atoms with Crippen molar-refractivity contribution >= 4 is 11.7 Å². The lowest BCUT2D eigenvalue weighted by Crippen LogP contribution is -2.51. The normalized spacial score (nSPS) is 19.8. The fourth-order valence-electron chi connectivity index (χ4n) is 3.43. The lowest BCUT2D eigenvalue weighted by molar-refractivity contribution is 0.0311. The van der Waals surface area contributed by atoms with Crippen LogP contribution in [0.15, 0.2) is 24.3 Å². The van der Waals surface area contributed by atoms with Crippen LogP contribution in [-0.2, 0) is 11.2 Å². The maximum atomic E-state index is 12.5. The van der Waals surface area contributed by atoms with Crippen LogP contribution in [0.3, 0.4) is 0 Å². The van der Waals surface area contributed by atoms with Gasteiger partial charge in [-0.05, 0) is 18.1 Å². The smallest absolute Gasteiger partial charge is 0.321 e. The molecule has 2 amide bonds. The molecule has 1 aromatic carbocycles. The van der Waals surface area contributed by atoms with Gasteiger partial charge in [0.15, 0.2) is 0 Å². The number of hydrogen-bond acceptors (Lipinski definition) is 4. The van der Waals surface area contributed by atoms with Gasteiger partial charge in [0, 0.05) is 58.0 Å². The number of nitrogens with zero attached hydrogens (tertiary/aromatic N) is 3. The molecule has 3 rings (SSSR count). The summed E-state index contributed by atoms with van der Waals surface area (Å²) < 4.78 is 5.39. The van der Waals surface area contributed by atoms with Gasteiger partial charge in [0.1, 0.15) is 0 Å². The third-order valence-corrected chi connectivity index (χ3v) is 5.14. The zero-order chi connectivity index (χ0) is 17.5. The third-order valence-electron chi connectivity index (χ3n) is 5.14. The predicted octanol–water partition coefficient (Wildman–Crippen LogP) is 1.73. The molecule has 1 aromatic rings. The Kier molecular flexibility index (Phi) is 6.67. The molecule has 0 atom stereocenters. The van der Waals surface area contributed by atoms with Gasteiger partial charge in [0.05, 0.1) is 13.2 Å². The molecule has 138 valence electrons. The number of nitrogens with one attached hydrogen (secondary N) is 1. The Labute approximate surface area is 150 Å². The average molecular weight is 346 g/mol. The molecule has 2 aliphatic rings. The Morgan fingerprint density at radius 2 is 1.64 bits per heavy atom. The van der Waals surface area contributed by atoms with Crippen LogP contribution in [0.4, 0.5) is 10.5 Å². The van der Waals surface area contributed by atoms with Crippen molar-refractivity contribution in [3.05, 3.63) is 29.8 Å². The van der Waals surface area contributed by atoms with E-state index in [1.807, 2.05) is 23.1 Å². The van der Waals surface area contributed by atoms with Crippen molar-refractivity contribution in [3.63, 3.8) is 0 Å². The molecule has 0 spiro atoms. The standard InChI is InChI=1S/C19H30N4O2/c1-2-17-5-3-4-6-18(17)20-19(24)23-11-9-21(10-12-23)7-8-22-13-15-25-16-14-22/h3-6H,2,7-16H2,1H3,(H,20,24). The molecule has 0 unspecified atom stereocenters. The number of morpholine rings is 1. The van der Waals surface area contributed by atoms with Crippen molar-refractivity contribution in [2.24, 2.45) is 0 Å². The number of hydrogen-bond donors (Lipinski definition) is 1. The minimum atomic E-state index is 0.0220. The maximum absolute atomic E-state index is 12.5. The van der Waals surface area contributed by atoms with Crippen LogP contribution in [0, 0.1) is 0 Å². The monoisotopic (exact) mass is 346 g/mol. The summed E-state index contributed by atoms with van der Waals surface area (Å²) in [6, 6.07) is 8.06. The highest BCUT2D eigenvalue weighted by Crippen LogP contribution is 2.16. The number of ether oxygens (including phenoxy) is 1. The van der Waals surface area contributed by atoms with Gasteiger partial charge >= 0.3 is 6.03 Å². The van der Waals surface area contributed by atoms with Crippen LogP contribution < -0.4 is 5.32 Å². The van der Waals surface area contributed by atoms with E-state index in [4.69, 9.17) is 4.74 Å². The van der Waals surface area contributed by atoms with Gasteiger partial charge < -0.3 is 15.0 Å². The average Bonchev–Trinajstić information content (AvgIpc) is 2.68. The number of carbonyl (C=O) groups excluding carboxylic acids is 1. The maximum Gasteiger partial charge on any atom is 0.321 e. The topological polar surface area (TPSA) is 48.1 Å². The second-order valence-corrected chi connectivity index (χ2v) is 6.72. The molecule has 6 nitrogen and oxygen atoms in total. The van der Waals surface area contributed by atoms with Gasteiger partial charge in [-0.1, -0.05) is 25.1 Å². The molecule has 2 heterocycles. The summed E-state index contributed by atoms with van der Waals surface area (Å²) in [5, 5.41) is 3.08. The molecule has 0 radical (unpaired) electrons. The Balaban J connectivity index is 1.41. The van der Waals surface area contributed by atoms with E-state index < -0.39 is 0 Å². The fraction of sp³-hybridized carbons (Fsp3) is 0.632. The summed E-state index contributed by atoms with van der Waals surface area (Å²) in [6.45, 7) is 11.6. The first kappa shape index (κ1) is 18.2. The van der Waals surface area contributed by atoms with Crippen molar-refractivity contribution in [2.75, 3.05) is 70.9 Å². The van der Waals surface area contributed by atoms with Crippen molar-refractivity contribution in [1.29, 1.82) is 0 Å². The van der Waals surface area contributed by atoms with Gasteiger partial charge in [-0.3, -0.25) is 9.80 Å². The molecule has 0 bridgehead atoms. The van der Waals surface area contributed by atoms with Crippen molar-refractivity contribution < 1.29 is 9.53 Å². The lowest BCUT2D eigenvalue weighted by atomic mass is 10.1. The third kappa shape index (κ3) is 5.17. The second-order valence-electron chi connectivity index (χ2n) is 6.72. The van der Waals surface area contributed by atoms with Gasteiger partial charge in [0.2, 0.25) is 0 Å². The van der Waals surface area contributed by atoms with E-state index >= 15 is 0 Å². The molecule has 1 N–H and O–H groups in total. The van der Waals surface area contributed by atoms with E-state index in [2.05, 4.69) is 28.1 Å². The predicted molar refractivity (Wildman–Crippen MR) is 100 cm³/mol. The van der Waals surface area contributed by atoms with Crippen LogP contribution in [0.25, 0.3) is 0 Å². The zero-order valence-electron chi connectivity index (χ0n) is 15.2. The van der Waals surface area contributed by atoms with Crippen molar-refractivity contribution in [3.8, 4) is 0 Å². The van der Waals surface area contributed by atoms with Crippen LogP contribution in [0.2, 0.25) is 0 Å². The summed E-state index contributed by atoms with van der Waals surface area (Å²) >= 11 is 0. The number of anilines is 1. The molecule has 2 aliphatic heterocycles. The van der Waals surface area contributed by atoms with Crippen LogP contribution >= 0.6 is 0 Å². The first-order valence-corrected chi connectivity index (χ1v) is 9.42. The highest BCUT2D eigenvalue weighted by molar-refractivity contribution is 5.90. The minimum Gasteiger partial charge on any atom is -0.379 e. The Morgan fingerprint density at radius 3 is 2.32 bits per heavy atom. The van der Waals surface area contributed by atoms with Crippen molar-refractivity contribution in [1.82, 2.24) is 14.7 Å². The number of urea groups is 1. The van der Waals surface area contributed by atoms with Crippen molar-refractivity contribution in [2.45, 2.75) is 13.3 Å². The molecule has 25 heavy (non-hydrogen) atoms. The van der Waals surface area contributed by atoms with E-state index in [1.165, 1.54) is 5.56 Å². The molecule has 0 saturated carbocycles. The second kappa shape index (κ2) is 9.17. The van der Waals surface area contributed by atoms with Crippen LogP contribution in [0.5, 0.6) is 0 Å². The molecule has 0 aromatic heterocycles. The zero-order valence-corrected chi connectivity index (χ0v) is 15.2. The molecule has 6 heteroatoms. The minimum absolute atomic E-state index is 0.0220. The summed E-state index contributed by atoms with van der Waals surface area (Å²) in [5.74, 6) is 0. The highest BCUT2D eigenvalue weighted by atomic mass is 16.5. The highest BCUT2D eigenvalue weighted by Gasteiger charge is 2.22. The van der Waals surface area contributed by atoms with Crippen LogP contribution in [0.1, 0.15) is 12.5 Å².